The van der Waals surface area contributed by atoms with E-state index in [2.05, 4.69) is 255 Å². The summed E-state index contributed by atoms with van der Waals surface area (Å²) in [6.07, 6.45) is 0. The molecule has 0 aliphatic rings. The molecule has 0 aliphatic heterocycles. The Bertz CT molecular complexity index is 4400. The number of fused-ring (bicyclic) bond motifs is 18. The number of thiophene rings is 3. The lowest BCUT2D eigenvalue weighted by Gasteiger charge is -2.11. The lowest BCUT2D eigenvalue weighted by molar-refractivity contribution is 1.67. The van der Waals surface area contributed by atoms with Gasteiger partial charge in [0.05, 0.1) is 0 Å². The van der Waals surface area contributed by atoms with E-state index < -0.39 is 0 Å². The standard InChI is InChI=1S/C72H42S3/c1-4-19-55-49(13-1)52-16-7-10-22-58(52)64-40-43(25-28-61(55)64)67-31-34-70(73-67)46-37-47(71-35-32-68(74-71)44-26-29-62-56-20-5-2-14-50(56)53-17-8-11-23-59(53)65(62)41-44)39-48(38-46)72-36-33-69(75-72)45-27-30-63-57-21-6-3-15-51(57)54-18-9-12-24-60(54)66(63)42-45/h1-42H. The first-order chi connectivity index (χ1) is 37.1. The van der Waals surface area contributed by atoms with Crippen molar-refractivity contribution in [3.05, 3.63) is 255 Å². The SMILES string of the molecule is c1ccc2c(c1)c1ccccc1c1cc(-c3ccc(-c4cc(-c5ccc(-c6ccc7c8ccccc8c8ccccc8c7c6)s5)cc(-c5ccc(-c6ccc7c8ccccc8c8ccccc8c7c6)s5)c4)s3)ccc21. The Hall–Kier alpha value is -8.70. The predicted octanol–water partition coefficient (Wildman–Crippen LogP) is 22.3. The van der Waals surface area contributed by atoms with Crippen LogP contribution in [0, 0.1) is 0 Å². The van der Waals surface area contributed by atoms with Crippen LogP contribution in [-0.4, -0.2) is 0 Å². The van der Waals surface area contributed by atoms with E-state index in [0.717, 1.165) is 0 Å². The van der Waals surface area contributed by atoms with Gasteiger partial charge in [-0.15, -0.1) is 34.0 Å². The summed E-state index contributed by atoms with van der Waals surface area (Å²) in [5, 5.41) is 23.4. The molecule has 0 nitrogen and oxygen atoms in total. The lowest BCUT2D eigenvalue weighted by atomic mass is 9.93. The van der Waals surface area contributed by atoms with Crippen molar-refractivity contribution in [2.24, 2.45) is 0 Å². The Labute approximate surface area is 445 Å². The van der Waals surface area contributed by atoms with Crippen LogP contribution in [0.2, 0.25) is 0 Å². The monoisotopic (exact) mass is 1000 g/mol. The number of rotatable bonds is 6. The van der Waals surface area contributed by atoms with Crippen LogP contribution in [0.3, 0.4) is 0 Å². The fraction of sp³-hybridized carbons (Fsp3) is 0. The summed E-state index contributed by atoms with van der Waals surface area (Å²) in [4.78, 5) is 7.57. The van der Waals surface area contributed by atoms with Crippen LogP contribution in [0.4, 0.5) is 0 Å². The Morgan fingerprint density at radius 3 is 0.520 bits per heavy atom. The van der Waals surface area contributed by atoms with Crippen LogP contribution in [0.25, 0.3) is 160 Å². The third kappa shape index (κ3) is 6.86. The van der Waals surface area contributed by atoms with E-state index in [1.165, 1.54) is 160 Å². The zero-order valence-corrected chi connectivity index (χ0v) is 42.9. The van der Waals surface area contributed by atoms with Gasteiger partial charge in [-0.2, -0.15) is 0 Å². The van der Waals surface area contributed by atoms with E-state index in [-0.39, 0.29) is 0 Å². The van der Waals surface area contributed by atoms with Gasteiger partial charge in [0, 0.05) is 29.3 Å². The Balaban J connectivity index is 0.823. The van der Waals surface area contributed by atoms with Crippen molar-refractivity contribution in [3.63, 3.8) is 0 Å². The molecule has 0 amide bonds. The van der Waals surface area contributed by atoms with E-state index in [4.69, 9.17) is 0 Å². The Kier molecular flexibility index (Phi) is 9.65. The predicted molar refractivity (Wildman–Crippen MR) is 330 cm³/mol. The number of hydrogen-bond acceptors (Lipinski definition) is 3. The molecule has 0 aliphatic carbocycles. The van der Waals surface area contributed by atoms with E-state index in [9.17, 15) is 0 Å². The first kappa shape index (κ1) is 42.8. The van der Waals surface area contributed by atoms with Gasteiger partial charge in [-0.25, -0.2) is 0 Å². The molecule has 75 heavy (non-hydrogen) atoms. The average molecular weight is 1000 g/mol. The molecule has 0 N–H and O–H groups in total. The van der Waals surface area contributed by atoms with Gasteiger partial charge in [-0.05, 0) is 203 Å². The van der Waals surface area contributed by atoms with E-state index in [1.54, 1.807) is 0 Å². The molecule has 13 aromatic carbocycles. The van der Waals surface area contributed by atoms with Crippen LogP contribution in [-0.2, 0) is 0 Å². The number of benzene rings is 13. The lowest BCUT2D eigenvalue weighted by Crippen LogP contribution is -1.84. The summed E-state index contributed by atoms with van der Waals surface area (Å²) in [7, 11) is 0. The molecule has 0 fully saturated rings. The third-order valence-electron chi connectivity index (χ3n) is 15.7. The third-order valence-corrected chi connectivity index (χ3v) is 19.2. The molecule has 3 heterocycles. The fourth-order valence-electron chi connectivity index (χ4n) is 12.2. The molecule has 3 heteroatoms. The van der Waals surface area contributed by atoms with Crippen LogP contribution < -0.4 is 0 Å². The second-order valence-corrected chi connectivity index (χ2v) is 23.1. The molecule has 0 atom stereocenters. The zero-order valence-electron chi connectivity index (χ0n) is 40.5. The minimum atomic E-state index is 1.23. The Morgan fingerprint density at radius 2 is 0.307 bits per heavy atom. The molecule has 0 unspecified atom stereocenters. The zero-order chi connectivity index (χ0) is 49.1. The maximum Gasteiger partial charge on any atom is 0.0349 e. The molecule has 348 valence electrons. The highest BCUT2D eigenvalue weighted by Crippen LogP contribution is 2.47. The first-order valence-electron chi connectivity index (χ1n) is 25.6. The van der Waals surface area contributed by atoms with Crippen molar-refractivity contribution in [2.75, 3.05) is 0 Å². The highest BCUT2D eigenvalue weighted by molar-refractivity contribution is 7.19. The van der Waals surface area contributed by atoms with Crippen LogP contribution >= 0.6 is 34.0 Å². The van der Waals surface area contributed by atoms with Gasteiger partial charge in [0.1, 0.15) is 0 Å². The molecule has 3 aromatic heterocycles. The Morgan fingerprint density at radius 1 is 0.133 bits per heavy atom. The minimum absolute atomic E-state index is 1.23. The summed E-state index contributed by atoms with van der Waals surface area (Å²) in [6.45, 7) is 0. The van der Waals surface area contributed by atoms with Crippen molar-refractivity contribution in [2.45, 2.75) is 0 Å². The molecule has 16 aromatic rings. The fourth-order valence-corrected chi connectivity index (χ4v) is 15.2. The normalized spacial score (nSPS) is 12.0. The van der Waals surface area contributed by atoms with Crippen LogP contribution in [0.1, 0.15) is 0 Å². The number of hydrogen-bond donors (Lipinski definition) is 0. The summed E-state index contributed by atoms with van der Waals surface area (Å²) in [5.74, 6) is 0. The quantitative estimate of drug-likeness (QED) is 0.146. The van der Waals surface area contributed by atoms with Crippen molar-refractivity contribution < 1.29 is 0 Å². The maximum absolute atomic E-state index is 2.42. The maximum atomic E-state index is 2.42. The summed E-state index contributed by atoms with van der Waals surface area (Å²) < 4.78 is 0. The highest BCUT2D eigenvalue weighted by atomic mass is 32.1. The second-order valence-electron chi connectivity index (χ2n) is 19.8. The second kappa shape index (κ2) is 16.9. The molecule has 0 bridgehead atoms. The van der Waals surface area contributed by atoms with Gasteiger partial charge in [0.25, 0.3) is 0 Å². The van der Waals surface area contributed by atoms with Gasteiger partial charge < -0.3 is 0 Å². The van der Waals surface area contributed by atoms with Gasteiger partial charge >= 0.3 is 0 Å². The molecule has 16 rings (SSSR count). The van der Waals surface area contributed by atoms with Gasteiger partial charge in [-0.3, -0.25) is 0 Å². The first-order valence-corrected chi connectivity index (χ1v) is 28.1. The topological polar surface area (TPSA) is 0 Å². The van der Waals surface area contributed by atoms with Gasteiger partial charge in [-0.1, -0.05) is 182 Å². The molecular weight excluding hydrogens is 961 g/mol. The smallest absolute Gasteiger partial charge is 0.0349 e. The van der Waals surface area contributed by atoms with Crippen molar-refractivity contribution in [1.29, 1.82) is 0 Å². The average Bonchev–Trinajstić information content (AvgIpc) is 4.32. The molecular formula is C72H42S3. The summed E-state index contributed by atoms with van der Waals surface area (Å²) >= 11 is 5.64. The summed E-state index contributed by atoms with van der Waals surface area (Å²) in [5.41, 5.74) is 7.42. The van der Waals surface area contributed by atoms with Gasteiger partial charge in [0.15, 0.2) is 0 Å². The molecule has 0 spiro atoms. The minimum Gasteiger partial charge on any atom is -0.135 e. The van der Waals surface area contributed by atoms with Crippen molar-refractivity contribution >= 4 is 131 Å². The highest BCUT2D eigenvalue weighted by Gasteiger charge is 2.18. The molecule has 0 saturated carbocycles. The van der Waals surface area contributed by atoms with E-state index in [1.807, 2.05) is 34.0 Å². The van der Waals surface area contributed by atoms with E-state index in [0.29, 0.717) is 0 Å². The van der Waals surface area contributed by atoms with Crippen LogP contribution in [0.15, 0.2) is 255 Å². The van der Waals surface area contributed by atoms with Gasteiger partial charge in [0.2, 0.25) is 0 Å². The summed E-state index contributed by atoms with van der Waals surface area (Å²) in [6, 6.07) is 95.5. The van der Waals surface area contributed by atoms with E-state index >= 15 is 0 Å². The molecule has 0 saturated heterocycles. The largest absolute Gasteiger partial charge is 0.135 e. The molecule has 0 radical (unpaired) electrons. The van der Waals surface area contributed by atoms with Crippen molar-refractivity contribution in [1.82, 2.24) is 0 Å². The van der Waals surface area contributed by atoms with Crippen LogP contribution in [0.5, 0.6) is 0 Å². The van der Waals surface area contributed by atoms with Crippen molar-refractivity contribution in [3.8, 4) is 62.6 Å².